The Bertz CT molecular complexity index is 732. The number of hydrogen-bond acceptors (Lipinski definition) is 5. The lowest BCUT2D eigenvalue weighted by Gasteiger charge is -2.11. The van der Waals surface area contributed by atoms with E-state index in [2.05, 4.69) is 22.1 Å². The summed E-state index contributed by atoms with van der Waals surface area (Å²) < 4.78 is 10.5. The van der Waals surface area contributed by atoms with Gasteiger partial charge in [0.2, 0.25) is 6.79 Å². The number of nitrogens with zero attached hydrogens (tertiary/aromatic N) is 1. The van der Waals surface area contributed by atoms with Crippen LogP contribution in [0.5, 0.6) is 11.5 Å². The summed E-state index contributed by atoms with van der Waals surface area (Å²) in [7, 11) is 0. The maximum Gasteiger partial charge on any atom is 0.296 e. The molecule has 1 aromatic heterocycles. The van der Waals surface area contributed by atoms with Gasteiger partial charge in [0, 0.05) is 23.1 Å². The molecule has 6 heteroatoms. The molecule has 0 spiro atoms. The highest BCUT2D eigenvalue weighted by Gasteiger charge is 2.14. The third-order valence-electron chi connectivity index (χ3n) is 3.16. The number of fused-ring (bicyclic) bond motifs is 1. The van der Waals surface area contributed by atoms with Gasteiger partial charge in [-0.1, -0.05) is 12.8 Å². The highest BCUT2D eigenvalue weighted by molar-refractivity contribution is 7.09. The van der Waals surface area contributed by atoms with E-state index in [1.165, 1.54) is 11.3 Å². The Labute approximate surface area is 132 Å². The minimum Gasteiger partial charge on any atom is -0.454 e. The van der Waals surface area contributed by atoms with E-state index in [0.29, 0.717) is 17.1 Å². The molecule has 0 unspecified atom stereocenters. The Hall–Kier alpha value is -2.52. The lowest BCUT2D eigenvalue weighted by atomic mass is 10.2. The normalized spacial score (nSPS) is 13.1. The minimum atomic E-state index is -0.320. The molecule has 2 aromatic rings. The molecule has 0 aliphatic carbocycles. The van der Waals surface area contributed by atoms with E-state index in [4.69, 9.17) is 9.47 Å². The summed E-state index contributed by atoms with van der Waals surface area (Å²) in [6.45, 7) is 2.22. The van der Waals surface area contributed by atoms with Crippen molar-refractivity contribution in [3.63, 3.8) is 0 Å². The van der Waals surface area contributed by atoms with Crippen molar-refractivity contribution in [1.82, 2.24) is 10.3 Å². The van der Waals surface area contributed by atoms with Crippen LogP contribution in [-0.4, -0.2) is 17.7 Å². The first-order chi connectivity index (χ1) is 10.8. The topological polar surface area (TPSA) is 60.5 Å². The molecule has 0 saturated heterocycles. The Kier molecular flexibility index (Phi) is 4.26. The number of rotatable bonds is 3. The van der Waals surface area contributed by atoms with Crippen molar-refractivity contribution in [2.45, 2.75) is 19.4 Å². The zero-order valence-electron chi connectivity index (χ0n) is 12.0. The second-order valence-electron chi connectivity index (χ2n) is 4.62. The predicted molar refractivity (Wildman–Crippen MR) is 82.7 cm³/mol. The standard InChI is InChI=1S/C16H14N2O3S/c1-2-12(16-17-7-8-22-16)18-15(19)6-4-11-3-5-13-14(9-11)21-10-20-13/h3,5,7-9,12H,2,10H2,1H3,(H,18,19)/t12-/m0/s1. The van der Waals surface area contributed by atoms with E-state index < -0.39 is 0 Å². The Balaban J connectivity index is 1.67. The molecule has 1 atom stereocenters. The first-order valence-electron chi connectivity index (χ1n) is 6.88. The molecule has 1 aliphatic heterocycles. The van der Waals surface area contributed by atoms with Crippen molar-refractivity contribution >= 4 is 17.2 Å². The Morgan fingerprint density at radius 1 is 1.45 bits per heavy atom. The first kappa shape index (κ1) is 14.4. The average molecular weight is 314 g/mol. The summed E-state index contributed by atoms with van der Waals surface area (Å²) >= 11 is 1.52. The molecular formula is C16H14N2O3S. The zero-order valence-corrected chi connectivity index (χ0v) is 12.8. The number of benzene rings is 1. The van der Waals surface area contributed by atoms with Crippen LogP contribution in [-0.2, 0) is 4.79 Å². The first-order valence-corrected chi connectivity index (χ1v) is 7.76. The number of amides is 1. The van der Waals surface area contributed by atoms with Gasteiger partial charge in [0.15, 0.2) is 11.5 Å². The number of nitrogens with one attached hydrogen (secondary N) is 1. The molecule has 112 valence electrons. The van der Waals surface area contributed by atoms with E-state index >= 15 is 0 Å². The van der Waals surface area contributed by atoms with Gasteiger partial charge < -0.3 is 14.8 Å². The van der Waals surface area contributed by atoms with Crippen LogP contribution >= 0.6 is 11.3 Å². The number of carbonyl (C=O) groups excluding carboxylic acids is 1. The van der Waals surface area contributed by atoms with Gasteiger partial charge in [-0.25, -0.2) is 4.98 Å². The van der Waals surface area contributed by atoms with Gasteiger partial charge in [0.25, 0.3) is 5.91 Å². The van der Waals surface area contributed by atoms with E-state index in [1.54, 1.807) is 24.4 Å². The van der Waals surface area contributed by atoms with Gasteiger partial charge in [-0.05, 0) is 24.6 Å². The van der Waals surface area contributed by atoms with Crippen molar-refractivity contribution in [3.8, 4) is 23.3 Å². The molecule has 1 aromatic carbocycles. The van der Waals surface area contributed by atoms with Crippen molar-refractivity contribution in [1.29, 1.82) is 0 Å². The average Bonchev–Trinajstić information content (AvgIpc) is 3.21. The molecule has 1 amide bonds. The van der Waals surface area contributed by atoms with Crippen LogP contribution in [0, 0.1) is 11.8 Å². The highest BCUT2D eigenvalue weighted by atomic mass is 32.1. The lowest BCUT2D eigenvalue weighted by molar-refractivity contribution is -0.116. The van der Waals surface area contributed by atoms with E-state index in [1.807, 2.05) is 12.3 Å². The van der Waals surface area contributed by atoms with Gasteiger partial charge in [0.05, 0.1) is 6.04 Å². The second kappa shape index (κ2) is 6.50. The van der Waals surface area contributed by atoms with Crippen molar-refractivity contribution in [3.05, 3.63) is 40.3 Å². The van der Waals surface area contributed by atoms with Gasteiger partial charge in [-0.15, -0.1) is 11.3 Å². The molecule has 5 nitrogen and oxygen atoms in total. The van der Waals surface area contributed by atoms with Crippen LogP contribution in [0.4, 0.5) is 0 Å². The monoisotopic (exact) mass is 314 g/mol. The van der Waals surface area contributed by atoms with E-state index in [9.17, 15) is 4.79 Å². The van der Waals surface area contributed by atoms with Crippen LogP contribution in [0.3, 0.4) is 0 Å². The van der Waals surface area contributed by atoms with Crippen LogP contribution in [0.1, 0.15) is 30.0 Å². The fourth-order valence-corrected chi connectivity index (χ4v) is 2.82. The Morgan fingerprint density at radius 2 is 2.32 bits per heavy atom. The fourth-order valence-electron chi connectivity index (χ4n) is 2.04. The molecule has 1 N–H and O–H groups in total. The number of carbonyl (C=O) groups is 1. The van der Waals surface area contributed by atoms with E-state index in [0.717, 1.165) is 11.4 Å². The van der Waals surface area contributed by atoms with Gasteiger partial charge >= 0.3 is 0 Å². The van der Waals surface area contributed by atoms with Crippen molar-refractivity contribution in [2.24, 2.45) is 0 Å². The molecule has 2 heterocycles. The van der Waals surface area contributed by atoms with Crippen LogP contribution in [0.15, 0.2) is 29.8 Å². The molecule has 0 radical (unpaired) electrons. The van der Waals surface area contributed by atoms with Crippen molar-refractivity contribution in [2.75, 3.05) is 6.79 Å². The molecule has 0 fully saturated rings. The summed E-state index contributed by atoms with van der Waals surface area (Å²) in [5, 5.41) is 5.65. The van der Waals surface area contributed by atoms with Gasteiger partial charge in [0.1, 0.15) is 5.01 Å². The number of thiazole rings is 1. The summed E-state index contributed by atoms with van der Waals surface area (Å²) in [5.41, 5.74) is 0.710. The lowest BCUT2D eigenvalue weighted by Crippen LogP contribution is -2.26. The molecule has 0 bridgehead atoms. The second-order valence-corrected chi connectivity index (χ2v) is 5.55. The molecule has 1 aliphatic rings. The van der Waals surface area contributed by atoms with Crippen LogP contribution in [0.2, 0.25) is 0 Å². The van der Waals surface area contributed by atoms with Crippen LogP contribution in [0.25, 0.3) is 0 Å². The third kappa shape index (κ3) is 3.21. The SMILES string of the molecule is CC[C@H](NC(=O)C#Cc1ccc2c(c1)OCO2)c1nccs1. The quantitative estimate of drug-likeness (QED) is 0.884. The summed E-state index contributed by atoms with van der Waals surface area (Å²) in [5.74, 6) is 6.46. The van der Waals surface area contributed by atoms with Crippen LogP contribution < -0.4 is 14.8 Å². The maximum absolute atomic E-state index is 12.0. The fraction of sp³-hybridized carbons (Fsp3) is 0.250. The number of aromatic nitrogens is 1. The Morgan fingerprint density at radius 3 is 3.09 bits per heavy atom. The summed E-state index contributed by atoms with van der Waals surface area (Å²) in [4.78, 5) is 16.2. The summed E-state index contributed by atoms with van der Waals surface area (Å²) in [6, 6.07) is 5.25. The number of ether oxygens (including phenoxy) is 2. The summed E-state index contributed by atoms with van der Waals surface area (Å²) in [6.07, 6.45) is 2.50. The molecule has 3 rings (SSSR count). The number of hydrogen-bond donors (Lipinski definition) is 1. The third-order valence-corrected chi connectivity index (χ3v) is 4.05. The molecule has 0 saturated carbocycles. The zero-order chi connectivity index (χ0) is 15.4. The highest BCUT2D eigenvalue weighted by Crippen LogP contribution is 2.32. The van der Waals surface area contributed by atoms with Gasteiger partial charge in [-0.3, -0.25) is 4.79 Å². The molecule has 22 heavy (non-hydrogen) atoms. The van der Waals surface area contributed by atoms with Gasteiger partial charge in [-0.2, -0.15) is 0 Å². The maximum atomic E-state index is 12.0. The van der Waals surface area contributed by atoms with Crippen molar-refractivity contribution < 1.29 is 14.3 Å². The predicted octanol–water partition coefficient (Wildman–Crippen LogP) is 2.49. The van der Waals surface area contributed by atoms with E-state index in [-0.39, 0.29) is 18.7 Å². The smallest absolute Gasteiger partial charge is 0.296 e. The minimum absolute atomic E-state index is 0.0986. The largest absolute Gasteiger partial charge is 0.454 e. The molecular weight excluding hydrogens is 300 g/mol.